The number of aldehydes is 1. The van der Waals surface area contributed by atoms with Gasteiger partial charge in [-0.1, -0.05) is 36.4 Å². The summed E-state index contributed by atoms with van der Waals surface area (Å²) >= 11 is 0. The lowest BCUT2D eigenvalue weighted by atomic mass is 10.00. The first kappa shape index (κ1) is 20.2. The third kappa shape index (κ3) is 4.64. The van der Waals surface area contributed by atoms with Gasteiger partial charge in [0.15, 0.2) is 6.29 Å². The Kier molecular flexibility index (Phi) is 6.65. The first-order valence-corrected chi connectivity index (χ1v) is 9.32. The van der Waals surface area contributed by atoms with Gasteiger partial charge in [-0.05, 0) is 49.3 Å². The van der Waals surface area contributed by atoms with Crippen LogP contribution in [-0.2, 0) is 0 Å². The van der Waals surface area contributed by atoms with Gasteiger partial charge in [0.05, 0.1) is 4.92 Å². The van der Waals surface area contributed by atoms with E-state index in [2.05, 4.69) is 10.3 Å². The monoisotopic (exact) mass is 390 g/mol. The first-order chi connectivity index (χ1) is 14.2. The Labute approximate surface area is 169 Å². The minimum Gasteiger partial charge on any atom is -0.321 e. The Morgan fingerprint density at radius 2 is 1.97 bits per heavy atom. The molecule has 0 unspecified atom stereocenters. The van der Waals surface area contributed by atoms with Crippen LogP contribution < -0.4 is 10.2 Å². The van der Waals surface area contributed by atoms with Crippen LogP contribution >= 0.6 is 0 Å². The lowest BCUT2D eigenvalue weighted by Gasteiger charge is -2.24. The highest BCUT2D eigenvalue weighted by Gasteiger charge is 2.22. The zero-order valence-electron chi connectivity index (χ0n) is 16.1. The van der Waals surface area contributed by atoms with Crippen molar-refractivity contribution in [2.75, 3.05) is 25.0 Å². The average Bonchev–Trinajstić information content (AvgIpc) is 2.77. The van der Waals surface area contributed by atoms with Crippen LogP contribution in [0.3, 0.4) is 0 Å². The van der Waals surface area contributed by atoms with Crippen LogP contribution in [0.15, 0.2) is 66.9 Å². The number of carbonyl (C=O) groups excluding carboxylic acids is 1. The average molecular weight is 390 g/mol. The lowest BCUT2D eigenvalue weighted by molar-refractivity contribution is -0.384. The van der Waals surface area contributed by atoms with Crippen LogP contribution in [-0.4, -0.2) is 36.3 Å². The van der Waals surface area contributed by atoms with Gasteiger partial charge in [-0.25, -0.2) is 4.98 Å². The third-order valence-electron chi connectivity index (χ3n) is 4.58. The predicted molar refractivity (Wildman–Crippen MR) is 114 cm³/mol. The van der Waals surface area contributed by atoms with Gasteiger partial charge in [-0.3, -0.25) is 14.9 Å². The topological polar surface area (TPSA) is 88.4 Å². The molecule has 0 saturated heterocycles. The van der Waals surface area contributed by atoms with Crippen molar-refractivity contribution in [2.45, 2.75) is 6.42 Å². The number of aromatic nitrogens is 1. The van der Waals surface area contributed by atoms with Crippen LogP contribution in [0.25, 0.3) is 11.1 Å². The lowest BCUT2D eigenvalue weighted by Crippen LogP contribution is -2.23. The Morgan fingerprint density at radius 1 is 1.14 bits per heavy atom. The van der Waals surface area contributed by atoms with Gasteiger partial charge in [-0.15, -0.1) is 0 Å². The van der Waals surface area contributed by atoms with E-state index in [0.717, 1.165) is 36.1 Å². The maximum Gasteiger partial charge on any atom is 0.311 e. The highest BCUT2D eigenvalue weighted by molar-refractivity contribution is 5.88. The molecule has 0 spiro atoms. The van der Waals surface area contributed by atoms with Crippen molar-refractivity contribution < 1.29 is 9.72 Å². The van der Waals surface area contributed by atoms with E-state index in [9.17, 15) is 14.9 Å². The summed E-state index contributed by atoms with van der Waals surface area (Å²) in [6.45, 7) is 1.32. The molecule has 3 rings (SSSR count). The van der Waals surface area contributed by atoms with E-state index >= 15 is 0 Å². The summed E-state index contributed by atoms with van der Waals surface area (Å²) in [6, 6.07) is 18.0. The van der Waals surface area contributed by atoms with E-state index in [4.69, 9.17) is 0 Å². The van der Waals surface area contributed by atoms with Crippen LogP contribution in [0.2, 0.25) is 0 Å². The van der Waals surface area contributed by atoms with Crippen molar-refractivity contribution in [1.82, 2.24) is 10.3 Å². The number of pyridine rings is 1. The molecule has 0 aliphatic heterocycles. The smallest absolute Gasteiger partial charge is 0.311 e. The standard InChI is InChI=1S/C22H22N4O3/c1-23-12-6-14-25(22-21(26(28)29)11-5-13-24-22)19-9-4-8-17(15-19)20-10-3-2-7-18(20)16-27/h2-5,7-11,13,15-16,23H,6,12,14H2,1H3. The molecule has 0 fully saturated rings. The maximum atomic E-state index is 11.5. The number of hydrogen-bond donors (Lipinski definition) is 1. The largest absolute Gasteiger partial charge is 0.321 e. The van der Waals surface area contributed by atoms with Gasteiger partial charge < -0.3 is 10.2 Å². The third-order valence-corrected chi connectivity index (χ3v) is 4.58. The maximum absolute atomic E-state index is 11.5. The van der Waals surface area contributed by atoms with Crippen LogP contribution in [0, 0.1) is 10.1 Å². The molecule has 1 aromatic heterocycles. The van der Waals surface area contributed by atoms with Gasteiger partial charge in [0.2, 0.25) is 5.82 Å². The molecule has 0 radical (unpaired) electrons. The molecule has 2 aromatic carbocycles. The van der Waals surface area contributed by atoms with Crippen molar-refractivity contribution >= 4 is 23.5 Å². The summed E-state index contributed by atoms with van der Waals surface area (Å²) in [7, 11) is 1.87. The molecule has 0 amide bonds. The van der Waals surface area contributed by atoms with Crippen molar-refractivity contribution in [3.05, 3.63) is 82.5 Å². The fraction of sp³-hybridized carbons (Fsp3) is 0.182. The summed E-state index contributed by atoms with van der Waals surface area (Å²) in [4.78, 5) is 28.7. The number of nitrogens with zero attached hydrogens (tertiary/aromatic N) is 3. The minimum absolute atomic E-state index is 0.0457. The Bertz CT molecular complexity index is 1010. The van der Waals surface area contributed by atoms with E-state index in [1.165, 1.54) is 6.07 Å². The molecule has 1 N–H and O–H groups in total. The second-order valence-corrected chi connectivity index (χ2v) is 6.47. The SMILES string of the molecule is CNCCCN(c1cccc(-c2ccccc2C=O)c1)c1ncccc1[N+](=O)[O-]. The first-order valence-electron chi connectivity index (χ1n) is 9.32. The Balaban J connectivity index is 2.08. The number of hydrogen-bond acceptors (Lipinski definition) is 6. The molecule has 148 valence electrons. The fourth-order valence-corrected chi connectivity index (χ4v) is 3.21. The van der Waals surface area contributed by atoms with Gasteiger partial charge in [-0.2, -0.15) is 0 Å². The van der Waals surface area contributed by atoms with Crippen molar-refractivity contribution in [3.63, 3.8) is 0 Å². The molecule has 3 aromatic rings. The van der Waals surface area contributed by atoms with E-state index < -0.39 is 4.92 Å². The predicted octanol–water partition coefficient (Wildman–Crippen LogP) is 4.22. The molecular weight excluding hydrogens is 368 g/mol. The Morgan fingerprint density at radius 3 is 2.72 bits per heavy atom. The van der Waals surface area contributed by atoms with Crippen LogP contribution in [0.4, 0.5) is 17.2 Å². The normalized spacial score (nSPS) is 10.5. The molecule has 7 heteroatoms. The zero-order valence-corrected chi connectivity index (χ0v) is 16.1. The number of anilines is 2. The number of nitro groups is 1. The molecule has 1 heterocycles. The summed E-state index contributed by atoms with van der Waals surface area (Å²) in [5.74, 6) is 0.300. The molecule has 0 aliphatic rings. The van der Waals surface area contributed by atoms with Gasteiger partial charge in [0.25, 0.3) is 0 Å². The molecule has 29 heavy (non-hydrogen) atoms. The number of carbonyl (C=O) groups is 1. The van der Waals surface area contributed by atoms with E-state index in [0.29, 0.717) is 17.9 Å². The molecule has 0 atom stereocenters. The number of rotatable bonds is 9. The van der Waals surface area contributed by atoms with Crippen LogP contribution in [0.5, 0.6) is 0 Å². The number of nitrogens with one attached hydrogen (secondary N) is 1. The second kappa shape index (κ2) is 9.57. The summed E-state index contributed by atoms with van der Waals surface area (Å²) in [6.07, 6.45) is 3.16. The Hall–Kier alpha value is -3.58. The quantitative estimate of drug-likeness (QED) is 0.255. The minimum atomic E-state index is -0.418. The molecular formula is C22H22N4O3. The summed E-state index contributed by atoms with van der Waals surface area (Å²) in [5, 5.41) is 14.6. The highest BCUT2D eigenvalue weighted by Crippen LogP contribution is 2.34. The van der Waals surface area contributed by atoms with Crippen LogP contribution in [0.1, 0.15) is 16.8 Å². The molecule has 0 saturated carbocycles. The zero-order chi connectivity index (χ0) is 20.6. The summed E-state index contributed by atoms with van der Waals surface area (Å²) < 4.78 is 0. The van der Waals surface area contributed by atoms with Crippen molar-refractivity contribution in [3.8, 4) is 11.1 Å². The second-order valence-electron chi connectivity index (χ2n) is 6.47. The van der Waals surface area contributed by atoms with E-state index in [1.807, 2.05) is 54.4 Å². The van der Waals surface area contributed by atoms with Crippen molar-refractivity contribution in [2.24, 2.45) is 0 Å². The van der Waals surface area contributed by atoms with E-state index in [-0.39, 0.29) is 5.69 Å². The van der Waals surface area contributed by atoms with Gasteiger partial charge in [0.1, 0.15) is 0 Å². The summed E-state index contributed by atoms with van der Waals surface area (Å²) in [5.41, 5.74) is 3.00. The molecule has 0 bridgehead atoms. The van der Waals surface area contributed by atoms with Gasteiger partial charge >= 0.3 is 5.69 Å². The van der Waals surface area contributed by atoms with E-state index in [1.54, 1.807) is 18.3 Å². The molecule has 0 aliphatic carbocycles. The highest BCUT2D eigenvalue weighted by atomic mass is 16.6. The number of benzene rings is 2. The van der Waals surface area contributed by atoms with Crippen molar-refractivity contribution in [1.29, 1.82) is 0 Å². The fourth-order valence-electron chi connectivity index (χ4n) is 3.21. The van der Waals surface area contributed by atoms with Gasteiger partial charge in [0, 0.05) is 30.1 Å². The molecule has 7 nitrogen and oxygen atoms in total.